The number of halogens is 1. The summed E-state index contributed by atoms with van der Waals surface area (Å²) in [5, 5.41) is 15.0. The van der Waals surface area contributed by atoms with Crippen molar-refractivity contribution in [1.82, 2.24) is 4.90 Å². The van der Waals surface area contributed by atoms with Crippen molar-refractivity contribution in [2.24, 2.45) is 0 Å². The van der Waals surface area contributed by atoms with Gasteiger partial charge in [0.05, 0.1) is 24.5 Å². The predicted octanol–water partition coefficient (Wildman–Crippen LogP) is 1.54. The van der Waals surface area contributed by atoms with Gasteiger partial charge in [0, 0.05) is 17.1 Å². The van der Waals surface area contributed by atoms with E-state index in [1.165, 1.54) is 6.08 Å². The third kappa shape index (κ3) is 3.43. The number of aliphatic hydroxyl groups excluding tert-OH is 1. The van der Waals surface area contributed by atoms with Crippen LogP contribution in [0.5, 0.6) is 0 Å². The molecular formula is C14H16BrN3O3. The predicted molar refractivity (Wildman–Crippen MR) is 83.8 cm³/mol. The van der Waals surface area contributed by atoms with E-state index in [2.05, 4.69) is 26.6 Å². The number of benzene rings is 1. The highest BCUT2D eigenvalue weighted by Crippen LogP contribution is 2.28. The Balaban J connectivity index is 2.22. The summed E-state index contributed by atoms with van der Waals surface area (Å²) in [7, 11) is 0. The Kier molecular flexibility index (Phi) is 4.98. The van der Waals surface area contributed by atoms with Crippen LogP contribution in [0.4, 0.5) is 11.4 Å². The number of nitrogens with one attached hydrogen (secondary N) is 2. The monoisotopic (exact) mass is 353 g/mol. The Hall–Kier alpha value is -1.86. The molecule has 2 amide bonds. The second-order valence-electron chi connectivity index (χ2n) is 4.42. The zero-order valence-electron chi connectivity index (χ0n) is 11.5. The van der Waals surface area contributed by atoms with E-state index in [-0.39, 0.29) is 18.8 Å². The van der Waals surface area contributed by atoms with Crippen molar-refractivity contribution in [2.45, 2.75) is 6.92 Å². The van der Waals surface area contributed by atoms with Gasteiger partial charge in [0.15, 0.2) is 0 Å². The van der Waals surface area contributed by atoms with Crippen LogP contribution in [0.25, 0.3) is 0 Å². The number of β-amino-alcohol motifs (C(OH)–C–C–N with tert-alkyl or cyclic N) is 1. The largest absolute Gasteiger partial charge is 0.395 e. The molecule has 2 rings (SSSR count). The van der Waals surface area contributed by atoms with Crippen molar-refractivity contribution >= 4 is 39.1 Å². The van der Waals surface area contributed by atoms with Crippen LogP contribution in [0.15, 0.2) is 34.4 Å². The summed E-state index contributed by atoms with van der Waals surface area (Å²) in [6, 6.07) is 5.59. The molecule has 0 spiro atoms. The van der Waals surface area contributed by atoms with Crippen molar-refractivity contribution in [1.29, 1.82) is 0 Å². The number of hydrogen-bond acceptors (Lipinski definition) is 5. The number of aliphatic hydroxyl groups is 1. The van der Waals surface area contributed by atoms with E-state index in [0.717, 1.165) is 21.6 Å². The van der Waals surface area contributed by atoms with Gasteiger partial charge in [-0.1, -0.05) is 15.9 Å². The van der Waals surface area contributed by atoms with E-state index in [1.54, 1.807) is 0 Å². The minimum atomic E-state index is -0.434. The Morgan fingerprint density at radius 1 is 1.29 bits per heavy atom. The fourth-order valence-electron chi connectivity index (χ4n) is 2.02. The zero-order valence-corrected chi connectivity index (χ0v) is 13.1. The summed E-state index contributed by atoms with van der Waals surface area (Å²) in [6.07, 6.45) is 1.24. The molecule has 0 atom stereocenters. The van der Waals surface area contributed by atoms with Crippen molar-refractivity contribution in [2.75, 3.05) is 30.3 Å². The topological polar surface area (TPSA) is 81.7 Å². The molecule has 1 heterocycles. The summed E-state index contributed by atoms with van der Waals surface area (Å²) < 4.78 is 0.858. The quantitative estimate of drug-likeness (QED) is 0.675. The van der Waals surface area contributed by atoms with Gasteiger partial charge in [0.25, 0.3) is 11.8 Å². The molecule has 112 valence electrons. The Morgan fingerprint density at radius 2 is 2.05 bits per heavy atom. The summed E-state index contributed by atoms with van der Waals surface area (Å²) in [5.41, 5.74) is 1.73. The molecule has 21 heavy (non-hydrogen) atoms. The molecule has 0 fully saturated rings. The van der Waals surface area contributed by atoms with Crippen LogP contribution in [0.3, 0.4) is 0 Å². The van der Waals surface area contributed by atoms with Gasteiger partial charge in [-0.2, -0.15) is 0 Å². The lowest BCUT2D eigenvalue weighted by atomic mass is 10.2. The molecule has 0 radical (unpaired) electrons. The molecule has 0 bridgehead atoms. The minimum Gasteiger partial charge on any atom is -0.395 e. The zero-order chi connectivity index (χ0) is 15.4. The van der Waals surface area contributed by atoms with E-state index in [4.69, 9.17) is 5.11 Å². The van der Waals surface area contributed by atoms with Gasteiger partial charge >= 0.3 is 0 Å². The van der Waals surface area contributed by atoms with Crippen LogP contribution in [0, 0.1) is 0 Å². The molecule has 1 aliphatic rings. The van der Waals surface area contributed by atoms with Gasteiger partial charge in [0.2, 0.25) is 0 Å². The lowest BCUT2D eigenvalue weighted by Gasteiger charge is -2.15. The normalized spacial score (nSPS) is 14.4. The van der Waals surface area contributed by atoms with Crippen molar-refractivity contribution in [3.8, 4) is 0 Å². The highest BCUT2D eigenvalue weighted by atomic mass is 79.9. The Labute approximate surface area is 130 Å². The molecular weight excluding hydrogens is 338 g/mol. The smallest absolute Gasteiger partial charge is 0.277 e. The van der Waals surface area contributed by atoms with Gasteiger partial charge in [-0.05, 0) is 25.1 Å². The van der Waals surface area contributed by atoms with E-state index < -0.39 is 11.8 Å². The molecule has 3 N–H and O–H groups in total. The fraction of sp³-hybridized carbons (Fsp3) is 0.286. The Morgan fingerprint density at radius 3 is 2.71 bits per heavy atom. The summed E-state index contributed by atoms with van der Waals surface area (Å²) >= 11 is 3.38. The third-order valence-electron chi connectivity index (χ3n) is 2.95. The van der Waals surface area contributed by atoms with Gasteiger partial charge in [-0.15, -0.1) is 0 Å². The maximum atomic E-state index is 12.1. The van der Waals surface area contributed by atoms with Gasteiger partial charge in [-0.3, -0.25) is 14.5 Å². The summed E-state index contributed by atoms with van der Waals surface area (Å²) in [5.74, 6) is -0.854. The number of amides is 2. The van der Waals surface area contributed by atoms with E-state index in [1.807, 2.05) is 25.1 Å². The SMILES string of the molecule is CCNc1ccc(Br)cc1NC1=CC(=O)N(CCO)C1=O. The first-order valence-corrected chi connectivity index (χ1v) is 7.35. The van der Waals surface area contributed by atoms with E-state index in [9.17, 15) is 9.59 Å². The molecule has 7 heteroatoms. The van der Waals surface area contributed by atoms with Crippen LogP contribution in [0.2, 0.25) is 0 Å². The molecule has 0 unspecified atom stereocenters. The van der Waals surface area contributed by atoms with Crippen LogP contribution in [-0.4, -0.2) is 41.5 Å². The fourth-order valence-corrected chi connectivity index (χ4v) is 2.38. The van der Waals surface area contributed by atoms with Crippen molar-refractivity contribution < 1.29 is 14.7 Å². The second-order valence-corrected chi connectivity index (χ2v) is 5.34. The van der Waals surface area contributed by atoms with Crippen LogP contribution >= 0.6 is 15.9 Å². The number of carbonyl (C=O) groups excluding carboxylic acids is 2. The molecule has 1 aromatic carbocycles. The first-order valence-electron chi connectivity index (χ1n) is 6.55. The lowest BCUT2D eigenvalue weighted by molar-refractivity contribution is -0.137. The number of hydrogen-bond donors (Lipinski definition) is 3. The first-order chi connectivity index (χ1) is 10.1. The van der Waals surface area contributed by atoms with E-state index in [0.29, 0.717) is 5.69 Å². The number of nitrogens with zero attached hydrogens (tertiary/aromatic N) is 1. The van der Waals surface area contributed by atoms with Crippen LogP contribution < -0.4 is 10.6 Å². The molecule has 6 nitrogen and oxygen atoms in total. The standard InChI is InChI=1S/C14H16BrN3O3/c1-2-16-10-4-3-9(15)7-11(10)17-12-8-13(20)18(5-6-19)14(12)21/h3-4,7-8,16-17,19H,2,5-6H2,1H3. The van der Waals surface area contributed by atoms with Crippen molar-refractivity contribution in [3.05, 3.63) is 34.4 Å². The third-order valence-corrected chi connectivity index (χ3v) is 3.44. The number of rotatable bonds is 6. The number of carbonyl (C=O) groups is 2. The van der Waals surface area contributed by atoms with E-state index >= 15 is 0 Å². The Bertz CT molecular complexity index is 601. The number of anilines is 2. The number of imide groups is 1. The maximum Gasteiger partial charge on any atom is 0.277 e. The molecule has 0 aliphatic carbocycles. The van der Waals surface area contributed by atoms with Crippen LogP contribution in [0.1, 0.15) is 6.92 Å². The lowest BCUT2D eigenvalue weighted by Crippen LogP contribution is -2.34. The average molecular weight is 354 g/mol. The second kappa shape index (κ2) is 6.73. The molecule has 0 saturated heterocycles. The molecule has 0 aromatic heterocycles. The maximum absolute atomic E-state index is 12.1. The molecule has 1 aliphatic heterocycles. The molecule has 0 saturated carbocycles. The highest BCUT2D eigenvalue weighted by molar-refractivity contribution is 9.10. The first kappa shape index (κ1) is 15.5. The summed E-state index contributed by atoms with van der Waals surface area (Å²) in [6.45, 7) is 2.45. The molecule has 1 aromatic rings. The van der Waals surface area contributed by atoms with Gasteiger partial charge in [0.1, 0.15) is 5.70 Å². The van der Waals surface area contributed by atoms with Gasteiger partial charge in [-0.25, -0.2) is 0 Å². The van der Waals surface area contributed by atoms with Crippen molar-refractivity contribution in [3.63, 3.8) is 0 Å². The van der Waals surface area contributed by atoms with Crippen LogP contribution in [-0.2, 0) is 9.59 Å². The minimum absolute atomic E-state index is 0.00209. The summed E-state index contributed by atoms with van der Waals surface area (Å²) in [4.78, 5) is 24.8. The van der Waals surface area contributed by atoms with Gasteiger partial charge < -0.3 is 15.7 Å². The highest BCUT2D eigenvalue weighted by Gasteiger charge is 2.30. The average Bonchev–Trinajstić information content (AvgIpc) is 2.70.